The third-order valence-corrected chi connectivity index (χ3v) is 3.67. The summed E-state index contributed by atoms with van der Waals surface area (Å²) in [6, 6.07) is 4.43. The number of likely N-dealkylation sites (tertiary alicyclic amines) is 1. The maximum Gasteiger partial charge on any atom is 0.324 e. The molecule has 17 heavy (non-hydrogen) atoms. The van der Waals surface area contributed by atoms with Gasteiger partial charge in [-0.05, 0) is 18.9 Å². The predicted octanol–water partition coefficient (Wildman–Crippen LogP) is 1.78. The van der Waals surface area contributed by atoms with Crippen molar-refractivity contribution in [3.05, 3.63) is 27.1 Å². The second-order valence-corrected chi connectivity index (χ2v) is 4.74. The molecule has 0 saturated carbocycles. The molecule has 1 saturated heterocycles. The molecule has 0 aromatic carbocycles. The van der Waals surface area contributed by atoms with Gasteiger partial charge in [0.05, 0.1) is 15.9 Å². The Balaban J connectivity index is 2.19. The largest absolute Gasteiger partial charge is 0.324 e. The van der Waals surface area contributed by atoms with Crippen molar-refractivity contribution in [2.45, 2.75) is 18.9 Å². The van der Waals surface area contributed by atoms with Gasteiger partial charge in [0.2, 0.25) is 0 Å². The van der Waals surface area contributed by atoms with Gasteiger partial charge in [-0.2, -0.15) is 5.26 Å². The van der Waals surface area contributed by atoms with E-state index in [0.29, 0.717) is 17.8 Å². The first-order chi connectivity index (χ1) is 8.13. The molecule has 1 fully saturated rings. The summed E-state index contributed by atoms with van der Waals surface area (Å²) in [6.45, 7) is 0.544. The summed E-state index contributed by atoms with van der Waals surface area (Å²) in [4.78, 5) is 23.8. The molecule has 1 aliphatic heterocycles. The smallest absolute Gasteiger partial charge is 0.322 e. The lowest BCUT2D eigenvalue weighted by atomic mass is 10.2. The van der Waals surface area contributed by atoms with Crippen LogP contribution >= 0.6 is 11.3 Å². The van der Waals surface area contributed by atoms with Gasteiger partial charge in [0, 0.05) is 12.6 Å². The summed E-state index contributed by atoms with van der Waals surface area (Å²) in [5.41, 5.74) is 0. The van der Waals surface area contributed by atoms with Crippen LogP contribution in [-0.2, 0) is 0 Å². The van der Waals surface area contributed by atoms with Crippen molar-refractivity contribution in [1.29, 1.82) is 5.26 Å². The zero-order valence-electron chi connectivity index (χ0n) is 8.83. The highest BCUT2D eigenvalue weighted by Gasteiger charge is 2.30. The Morgan fingerprint density at radius 1 is 1.65 bits per heavy atom. The first-order valence-electron chi connectivity index (χ1n) is 5.08. The SMILES string of the molecule is N#CC1CCCN1C(=O)c1ccc([N+](=O)[O-])s1. The van der Waals surface area contributed by atoms with E-state index < -0.39 is 11.0 Å². The Morgan fingerprint density at radius 3 is 3.00 bits per heavy atom. The maximum absolute atomic E-state index is 12.0. The Hall–Kier alpha value is -1.94. The highest BCUT2D eigenvalue weighted by Crippen LogP contribution is 2.27. The molecule has 1 atom stereocenters. The van der Waals surface area contributed by atoms with Crippen LogP contribution in [0, 0.1) is 21.4 Å². The molecule has 6 nitrogen and oxygen atoms in total. The minimum absolute atomic E-state index is 0.0546. The van der Waals surface area contributed by atoms with Crippen molar-refractivity contribution in [3.8, 4) is 6.07 Å². The fourth-order valence-corrected chi connectivity index (χ4v) is 2.60. The summed E-state index contributed by atoms with van der Waals surface area (Å²) in [7, 11) is 0. The van der Waals surface area contributed by atoms with Crippen molar-refractivity contribution in [2.24, 2.45) is 0 Å². The van der Waals surface area contributed by atoms with Crippen LogP contribution in [0.5, 0.6) is 0 Å². The lowest BCUT2D eigenvalue weighted by Gasteiger charge is -2.17. The van der Waals surface area contributed by atoms with E-state index in [0.717, 1.165) is 17.8 Å². The number of hydrogen-bond donors (Lipinski definition) is 0. The van der Waals surface area contributed by atoms with Crippen LogP contribution in [0.15, 0.2) is 12.1 Å². The molecule has 1 amide bonds. The van der Waals surface area contributed by atoms with Crippen LogP contribution in [0.4, 0.5) is 5.00 Å². The molecule has 0 bridgehead atoms. The van der Waals surface area contributed by atoms with Gasteiger partial charge in [-0.1, -0.05) is 11.3 Å². The Bertz CT molecular complexity index is 505. The summed E-state index contributed by atoms with van der Waals surface area (Å²) in [6.07, 6.45) is 1.48. The number of hydrogen-bond acceptors (Lipinski definition) is 5. The van der Waals surface area contributed by atoms with Crippen LogP contribution in [0.25, 0.3) is 0 Å². The average molecular weight is 251 g/mol. The van der Waals surface area contributed by atoms with Gasteiger partial charge in [-0.15, -0.1) is 0 Å². The molecule has 7 heteroatoms. The molecule has 88 valence electrons. The van der Waals surface area contributed by atoms with E-state index in [1.165, 1.54) is 17.0 Å². The van der Waals surface area contributed by atoms with Crippen LogP contribution in [0.1, 0.15) is 22.5 Å². The monoisotopic (exact) mass is 251 g/mol. The van der Waals surface area contributed by atoms with Crippen LogP contribution in [-0.4, -0.2) is 28.3 Å². The highest BCUT2D eigenvalue weighted by atomic mass is 32.1. The normalized spacial score (nSPS) is 19.0. The molecular weight excluding hydrogens is 242 g/mol. The third kappa shape index (κ3) is 2.12. The number of thiophene rings is 1. The molecule has 1 aliphatic rings. The van der Waals surface area contributed by atoms with Crippen molar-refractivity contribution in [2.75, 3.05) is 6.54 Å². The van der Waals surface area contributed by atoms with E-state index in [1.54, 1.807) is 0 Å². The quantitative estimate of drug-likeness (QED) is 0.592. The number of carbonyl (C=O) groups is 1. The van der Waals surface area contributed by atoms with Crippen molar-refractivity contribution in [1.82, 2.24) is 4.90 Å². The molecule has 2 rings (SSSR count). The first-order valence-corrected chi connectivity index (χ1v) is 5.90. The number of carbonyl (C=O) groups excluding carboxylic acids is 1. The summed E-state index contributed by atoms with van der Waals surface area (Å²) in [5.74, 6) is -0.285. The molecule has 1 unspecified atom stereocenters. The van der Waals surface area contributed by atoms with Gasteiger partial charge in [-0.25, -0.2) is 0 Å². The topological polar surface area (TPSA) is 87.2 Å². The highest BCUT2D eigenvalue weighted by molar-refractivity contribution is 7.17. The molecule has 0 radical (unpaired) electrons. The summed E-state index contributed by atoms with van der Waals surface area (Å²) in [5, 5.41) is 19.3. The molecule has 2 heterocycles. The zero-order valence-corrected chi connectivity index (χ0v) is 9.64. The van der Waals surface area contributed by atoms with Crippen molar-refractivity contribution in [3.63, 3.8) is 0 Å². The Labute approximate surface area is 101 Å². The first kappa shape index (κ1) is 11.5. The van der Waals surface area contributed by atoms with Gasteiger partial charge in [0.1, 0.15) is 6.04 Å². The number of nitrogens with zero attached hydrogens (tertiary/aromatic N) is 3. The standard InChI is InChI=1S/C10H9N3O3S/c11-6-7-2-1-5-12(7)10(14)8-3-4-9(17-8)13(15)16/h3-4,7H,1-2,5H2. The Morgan fingerprint density at radius 2 is 2.41 bits per heavy atom. The number of amides is 1. The molecule has 0 N–H and O–H groups in total. The molecular formula is C10H9N3O3S. The number of nitriles is 1. The summed E-state index contributed by atoms with van der Waals surface area (Å²) >= 11 is 0.849. The minimum atomic E-state index is -0.521. The molecule has 1 aromatic rings. The van der Waals surface area contributed by atoms with Gasteiger partial charge in [-0.3, -0.25) is 14.9 Å². The van der Waals surface area contributed by atoms with Crippen LogP contribution in [0.3, 0.4) is 0 Å². The Kier molecular flexibility index (Phi) is 3.06. The molecule has 0 aliphatic carbocycles. The van der Waals surface area contributed by atoms with E-state index in [9.17, 15) is 14.9 Å². The third-order valence-electron chi connectivity index (χ3n) is 2.65. The minimum Gasteiger partial charge on any atom is -0.322 e. The van der Waals surface area contributed by atoms with Gasteiger partial charge in [0.25, 0.3) is 5.91 Å². The van der Waals surface area contributed by atoms with Crippen molar-refractivity contribution >= 4 is 22.2 Å². The maximum atomic E-state index is 12.0. The zero-order chi connectivity index (χ0) is 12.4. The second-order valence-electron chi connectivity index (χ2n) is 3.68. The fourth-order valence-electron chi connectivity index (χ4n) is 1.83. The van der Waals surface area contributed by atoms with Crippen LogP contribution < -0.4 is 0 Å². The van der Waals surface area contributed by atoms with E-state index in [4.69, 9.17) is 5.26 Å². The second kappa shape index (κ2) is 4.51. The van der Waals surface area contributed by atoms with E-state index >= 15 is 0 Å². The summed E-state index contributed by atoms with van der Waals surface area (Å²) < 4.78 is 0. The average Bonchev–Trinajstić information content (AvgIpc) is 2.96. The van der Waals surface area contributed by atoms with E-state index in [1.807, 2.05) is 0 Å². The van der Waals surface area contributed by atoms with E-state index in [-0.39, 0.29) is 10.9 Å². The number of nitro groups is 1. The van der Waals surface area contributed by atoms with Gasteiger partial charge < -0.3 is 4.90 Å². The fraction of sp³-hybridized carbons (Fsp3) is 0.400. The number of rotatable bonds is 2. The lowest BCUT2D eigenvalue weighted by Crippen LogP contribution is -2.34. The van der Waals surface area contributed by atoms with Gasteiger partial charge in [0.15, 0.2) is 0 Å². The lowest BCUT2D eigenvalue weighted by molar-refractivity contribution is -0.380. The molecule has 0 spiro atoms. The van der Waals surface area contributed by atoms with Crippen LogP contribution in [0.2, 0.25) is 0 Å². The van der Waals surface area contributed by atoms with Crippen molar-refractivity contribution < 1.29 is 9.72 Å². The predicted molar refractivity (Wildman–Crippen MR) is 60.6 cm³/mol. The van der Waals surface area contributed by atoms with E-state index in [2.05, 4.69) is 6.07 Å². The molecule has 1 aromatic heterocycles. The van der Waals surface area contributed by atoms with Gasteiger partial charge >= 0.3 is 5.00 Å².